The molecule has 0 bridgehead atoms. The molecule has 1 aliphatic carbocycles. The van der Waals surface area contributed by atoms with E-state index in [-0.39, 0.29) is 5.60 Å². The van der Waals surface area contributed by atoms with Crippen LogP contribution >= 0.6 is 0 Å². The summed E-state index contributed by atoms with van der Waals surface area (Å²) in [5.74, 6) is 1.00. The first kappa shape index (κ1) is 7.07. The van der Waals surface area contributed by atoms with E-state index in [9.17, 15) is 5.11 Å². The second kappa shape index (κ2) is 1.98. The van der Waals surface area contributed by atoms with Crippen molar-refractivity contribution < 1.29 is 5.11 Å². The van der Waals surface area contributed by atoms with Crippen molar-refractivity contribution in [1.29, 1.82) is 0 Å². The van der Waals surface area contributed by atoms with E-state index in [0.29, 0.717) is 11.8 Å². The van der Waals surface area contributed by atoms with Crippen LogP contribution in [0.15, 0.2) is 0 Å². The van der Waals surface area contributed by atoms with Gasteiger partial charge in [0.2, 0.25) is 0 Å². The maximum Gasteiger partial charge on any atom is 0.0670 e. The third-order valence-corrected chi connectivity index (χ3v) is 2.57. The minimum atomic E-state index is -0.389. The predicted molar refractivity (Wildman–Crippen MR) is 38.2 cm³/mol. The molecule has 1 fully saturated rings. The van der Waals surface area contributed by atoms with Crippen LogP contribution in [0.3, 0.4) is 0 Å². The van der Waals surface area contributed by atoms with Gasteiger partial charge in [0.15, 0.2) is 0 Å². The fourth-order valence-corrected chi connectivity index (χ4v) is 1.14. The first-order valence-electron chi connectivity index (χ1n) is 3.77. The molecule has 0 spiro atoms. The molecule has 54 valence electrons. The highest BCUT2D eigenvalue weighted by Gasteiger charge is 2.41. The maximum absolute atomic E-state index is 9.73. The highest BCUT2D eigenvalue weighted by atomic mass is 16.3. The van der Waals surface area contributed by atoms with E-state index in [1.165, 1.54) is 12.8 Å². The highest BCUT2D eigenvalue weighted by Crippen LogP contribution is 2.42. The molecule has 0 radical (unpaired) electrons. The van der Waals surface area contributed by atoms with Crippen LogP contribution in [0.25, 0.3) is 0 Å². The molecule has 0 aliphatic heterocycles. The number of hydrogen-bond acceptors (Lipinski definition) is 1. The van der Waals surface area contributed by atoms with Gasteiger partial charge in [-0.2, -0.15) is 0 Å². The van der Waals surface area contributed by atoms with Crippen molar-refractivity contribution in [3.05, 3.63) is 0 Å². The quantitative estimate of drug-likeness (QED) is 0.601. The molecule has 1 aliphatic rings. The van der Waals surface area contributed by atoms with Crippen molar-refractivity contribution in [3.8, 4) is 0 Å². The molecule has 1 saturated carbocycles. The van der Waals surface area contributed by atoms with E-state index in [1.54, 1.807) is 0 Å². The molecule has 0 heterocycles. The van der Waals surface area contributed by atoms with Crippen LogP contribution in [-0.4, -0.2) is 10.7 Å². The lowest BCUT2D eigenvalue weighted by atomic mass is 9.88. The van der Waals surface area contributed by atoms with Gasteiger partial charge in [0, 0.05) is 0 Å². The van der Waals surface area contributed by atoms with Gasteiger partial charge in [0.1, 0.15) is 0 Å². The molecular formula is C8H16O. The lowest BCUT2D eigenvalue weighted by Crippen LogP contribution is -2.33. The Balaban J connectivity index is 2.48. The Kier molecular flexibility index (Phi) is 1.55. The summed E-state index contributed by atoms with van der Waals surface area (Å²) in [7, 11) is 0. The van der Waals surface area contributed by atoms with Gasteiger partial charge >= 0.3 is 0 Å². The summed E-state index contributed by atoms with van der Waals surface area (Å²) in [5, 5.41) is 9.73. The molecule has 0 aromatic carbocycles. The molecule has 1 rings (SSSR count). The van der Waals surface area contributed by atoms with E-state index >= 15 is 0 Å². The number of hydrogen-bond donors (Lipinski definition) is 1. The largest absolute Gasteiger partial charge is 0.390 e. The summed E-state index contributed by atoms with van der Waals surface area (Å²) in [6.07, 6.45) is 2.45. The smallest absolute Gasteiger partial charge is 0.0670 e. The number of rotatable bonds is 2. The second-order valence-corrected chi connectivity index (χ2v) is 3.65. The third kappa shape index (κ3) is 1.26. The Morgan fingerprint density at radius 2 is 1.89 bits per heavy atom. The van der Waals surface area contributed by atoms with E-state index in [4.69, 9.17) is 0 Å². The Bertz CT molecular complexity index is 97.1. The first-order chi connectivity index (χ1) is 4.05. The molecule has 1 heteroatoms. The summed E-state index contributed by atoms with van der Waals surface area (Å²) in [6.45, 7) is 6.12. The van der Waals surface area contributed by atoms with E-state index < -0.39 is 0 Å². The molecule has 0 amide bonds. The Morgan fingerprint density at radius 3 is 2.00 bits per heavy atom. The van der Waals surface area contributed by atoms with Gasteiger partial charge in [0.05, 0.1) is 5.60 Å². The molecule has 0 aromatic rings. The topological polar surface area (TPSA) is 20.2 Å². The van der Waals surface area contributed by atoms with Gasteiger partial charge in [-0.3, -0.25) is 0 Å². The Hall–Kier alpha value is -0.0400. The van der Waals surface area contributed by atoms with Crippen molar-refractivity contribution in [2.45, 2.75) is 39.2 Å². The summed E-state index contributed by atoms with van der Waals surface area (Å²) in [5.41, 5.74) is -0.389. The van der Waals surface area contributed by atoms with Gasteiger partial charge in [-0.25, -0.2) is 0 Å². The fraction of sp³-hybridized carbons (Fsp3) is 1.00. The summed E-state index contributed by atoms with van der Waals surface area (Å²) < 4.78 is 0. The van der Waals surface area contributed by atoms with E-state index in [1.807, 2.05) is 6.92 Å². The Morgan fingerprint density at radius 1 is 1.44 bits per heavy atom. The van der Waals surface area contributed by atoms with Crippen molar-refractivity contribution in [2.24, 2.45) is 11.8 Å². The zero-order valence-corrected chi connectivity index (χ0v) is 6.52. The average Bonchev–Trinajstić information content (AvgIpc) is 2.42. The monoisotopic (exact) mass is 128 g/mol. The SMILES string of the molecule is CC(C)[C@](C)(O)C1CC1. The van der Waals surface area contributed by atoms with Crippen molar-refractivity contribution in [3.63, 3.8) is 0 Å². The average molecular weight is 128 g/mol. The fourth-order valence-electron chi connectivity index (χ4n) is 1.14. The summed E-state index contributed by atoms with van der Waals surface area (Å²) in [4.78, 5) is 0. The van der Waals surface area contributed by atoms with Crippen LogP contribution in [0.5, 0.6) is 0 Å². The van der Waals surface area contributed by atoms with Gasteiger partial charge < -0.3 is 5.11 Å². The van der Waals surface area contributed by atoms with Crippen LogP contribution < -0.4 is 0 Å². The molecule has 1 N–H and O–H groups in total. The van der Waals surface area contributed by atoms with Crippen LogP contribution in [0.4, 0.5) is 0 Å². The first-order valence-corrected chi connectivity index (χ1v) is 3.77. The van der Waals surface area contributed by atoms with Crippen molar-refractivity contribution in [1.82, 2.24) is 0 Å². The van der Waals surface area contributed by atoms with Crippen molar-refractivity contribution >= 4 is 0 Å². The lowest BCUT2D eigenvalue weighted by Gasteiger charge is -2.27. The zero-order valence-electron chi connectivity index (χ0n) is 6.52. The predicted octanol–water partition coefficient (Wildman–Crippen LogP) is 1.80. The molecule has 1 atom stereocenters. The minimum Gasteiger partial charge on any atom is -0.390 e. The Labute approximate surface area is 57.1 Å². The molecule has 9 heavy (non-hydrogen) atoms. The van der Waals surface area contributed by atoms with Gasteiger partial charge in [0.25, 0.3) is 0 Å². The zero-order chi connectivity index (χ0) is 7.07. The van der Waals surface area contributed by atoms with Gasteiger partial charge in [-0.1, -0.05) is 13.8 Å². The minimum absolute atomic E-state index is 0.389. The van der Waals surface area contributed by atoms with Crippen molar-refractivity contribution in [2.75, 3.05) is 0 Å². The van der Waals surface area contributed by atoms with Crippen LogP contribution in [-0.2, 0) is 0 Å². The van der Waals surface area contributed by atoms with E-state index in [0.717, 1.165) is 0 Å². The molecule has 0 unspecified atom stereocenters. The van der Waals surface area contributed by atoms with Crippen LogP contribution in [0, 0.1) is 11.8 Å². The number of aliphatic hydroxyl groups is 1. The molecular weight excluding hydrogens is 112 g/mol. The van der Waals surface area contributed by atoms with Gasteiger partial charge in [-0.05, 0) is 31.6 Å². The van der Waals surface area contributed by atoms with Gasteiger partial charge in [-0.15, -0.1) is 0 Å². The summed E-state index contributed by atoms with van der Waals surface area (Å²) in [6, 6.07) is 0. The van der Waals surface area contributed by atoms with Crippen LogP contribution in [0.2, 0.25) is 0 Å². The normalized spacial score (nSPS) is 26.3. The maximum atomic E-state index is 9.73. The highest BCUT2D eigenvalue weighted by molar-refractivity contribution is 4.92. The molecule has 1 nitrogen and oxygen atoms in total. The summed E-state index contributed by atoms with van der Waals surface area (Å²) >= 11 is 0. The second-order valence-electron chi connectivity index (χ2n) is 3.65. The lowest BCUT2D eigenvalue weighted by molar-refractivity contribution is -0.00802. The van der Waals surface area contributed by atoms with E-state index in [2.05, 4.69) is 13.8 Å². The molecule has 0 saturated heterocycles. The van der Waals surface area contributed by atoms with Crippen LogP contribution in [0.1, 0.15) is 33.6 Å². The molecule has 0 aromatic heterocycles. The third-order valence-electron chi connectivity index (χ3n) is 2.57. The standard InChI is InChI=1S/C8H16O/c1-6(2)8(3,9)7-4-5-7/h6-7,9H,4-5H2,1-3H3/t8-/m0/s1.